The van der Waals surface area contributed by atoms with Gasteiger partial charge in [-0.15, -0.1) is 0 Å². The maximum atomic E-state index is 13.5. The summed E-state index contributed by atoms with van der Waals surface area (Å²) in [6.45, 7) is 16.5. The standard InChI is InChI=1S/C34H49N3O4/c1-25(2)17-22-37(28-13-15-30(16-14-28)40-24-27-11-9-8-10-12-27)29-18-20-36(21-19-29)32(38)31(23-26(3)4)35-33(39)41-34(5,6)7/h8-17,26,29,31H,18-24H2,1-7H3,(H,35,39). The van der Waals surface area contributed by atoms with E-state index in [0.29, 0.717) is 32.2 Å². The summed E-state index contributed by atoms with van der Waals surface area (Å²) in [5.41, 5.74) is 2.94. The average molecular weight is 564 g/mol. The predicted molar refractivity (Wildman–Crippen MR) is 166 cm³/mol. The van der Waals surface area contributed by atoms with Crippen LogP contribution in [-0.4, -0.2) is 54.2 Å². The van der Waals surface area contributed by atoms with Crippen LogP contribution in [0.25, 0.3) is 0 Å². The minimum atomic E-state index is -0.616. The highest BCUT2D eigenvalue weighted by Gasteiger charge is 2.32. The van der Waals surface area contributed by atoms with Gasteiger partial charge in [-0.1, -0.05) is 55.8 Å². The molecule has 1 unspecified atom stereocenters. The van der Waals surface area contributed by atoms with E-state index in [2.05, 4.69) is 68.3 Å². The summed E-state index contributed by atoms with van der Waals surface area (Å²) in [5, 5.41) is 2.84. The molecule has 2 aromatic carbocycles. The van der Waals surface area contributed by atoms with E-state index in [1.54, 1.807) is 0 Å². The molecule has 0 aliphatic carbocycles. The van der Waals surface area contributed by atoms with E-state index in [0.717, 1.165) is 36.4 Å². The molecule has 1 N–H and O–H groups in total. The van der Waals surface area contributed by atoms with Gasteiger partial charge in [-0.2, -0.15) is 0 Å². The number of benzene rings is 2. The Morgan fingerprint density at radius 3 is 2.22 bits per heavy atom. The van der Waals surface area contributed by atoms with Crippen LogP contribution in [0.1, 0.15) is 73.3 Å². The number of allylic oxidation sites excluding steroid dienone is 1. The summed E-state index contributed by atoms with van der Waals surface area (Å²) in [6, 6.07) is 18.2. The van der Waals surface area contributed by atoms with Crippen molar-refractivity contribution >= 4 is 17.7 Å². The molecule has 2 aromatic rings. The molecule has 1 aliphatic rings. The highest BCUT2D eigenvalue weighted by Crippen LogP contribution is 2.27. The number of piperidine rings is 1. The molecule has 0 bridgehead atoms. The van der Waals surface area contributed by atoms with Gasteiger partial charge in [-0.25, -0.2) is 4.79 Å². The Balaban J connectivity index is 1.65. The largest absolute Gasteiger partial charge is 0.489 e. The molecular weight excluding hydrogens is 514 g/mol. The molecule has 1 aliphatic heterocycles. The van der Waals surface area contributed by atoms with Crippen molar-refractivity contribution in [2.75, 3.05) is 24.5 Å². The van der Waals surface area contributed by atoms with Gasteiger partial charge in [0.2, 0.25) is 5.91 Å². The number of amides is 2. The van der Waals surface area contributed by atoms with Gasteiger partial charge in [0.1, 0.15) is 24.0 Å². The molecule has 0 saturated carbocycles. The second kappa shape index (κ2) is 14.9. The number of hydrogen-bond acceptors (Lipinski definition) is 5. The quantitative estimate of drug-likeness (QED) is 0.299. The lowest BCUT2D eigenvalue weighted by atomic mass is 9.98. The van der Waals surface area contributed by atoms with Crippen LogP contribution < -0.4 is 15.0 Å². The number of hydrogen-bond donors (Lipinski definition) is 1. The lowest BCUT2D eigenvalue weighted by Crippen LogP contribution is -2.54. The SMILES string of the molecule is CC(C)=CCN(c1ccc(OCc2ccccc2)cc1)C1CCN(C(=O)C(CC(C)C)NC(=O)OC(C)(C)C)CC1. The summed E-state index contributed by atoms with van der Waals surface area (Å²) in [7, 11) is 0. The number of alkyl carbamates (subject to hydrolysis) is 1. The number of ether oxygens (including phenoxy) is 2. The lowest BCUT2D eigenvalue weighted by molar-refractivity contribution is -0.135. The fourth-order valence-electron chi connectivity index (χ4n) is 4.98. The molecule has 0 aromatic heterocycles. The number of carbonyl (C=O) groups is 2. The first-order valence-electron chi connectivity index (χ1n) is 14.9. The van der Waals surface area contributed by atoms with E-state index >= 15 is 0 Å². The van der Waals surface area contributed by atoms with Crippen molar-refractivity contribution in [1.29, 1.82) is 0 Å². The van der Waals surface area contributed by atoms with Crippen molar-refractivity contribution in [2.24, 2.45) is 5.92 Å². The third-order valence-electron chi connectivity index (χ3n) is 7.03. The molecule has 224 valence electrons. The first kappa shape index (κ1) is 32.0. The van der Waals surface area contributed by atoms with Gasteiger partial charge in [0.05, 0.1) is 0 Å². The zero-order valence-electron chi connectivity index (χ0n) is 26.0. The van der Waals surface area contributed by atoms with Gasteiger partial charge >= 0.3 is 6.09 Å². The van der Waals surface area contributed by atoms with Crippen LogP contribution >= 0.6 is 0 Å². The van der Waals surface area contributed by atoms with Crippen LogP contribution in [-0.2, 0) is 16.1 Å². The van der Waals surface area contributed by atoms with Crippen molar-refractivity contribution in [3.05, 3.63) is 71.8 Å². The van der Waals surface area contributed by atoms with Gasteiger partial charge in [0, 0.05) is 31.4 Å². The topological polar surface area (TPSA) is 71.1 Å². The number of likely N-dealkylation sites (tertiary alicyclic amines) is 1. The van der Waals surface area contributed by atoms with Gasteiger partial charge in [0.25, 0.3) is 0 Å². The van der Waals surface area contributed by atoms with E-state index in [1.807, 2.05) is 56.0 Å². The molecule has 1 saturated heterocycles. The second-order valence-corrected chi connectivity index (χ2v) is 12.6. The van der Waals surface area contributed by atoms with Crippen LogP contribution in [0.2, 0.25) is 0 Å². The molecule has 7 heteroatoms. The third-order valence-corrected chi connectivity index (χ3v) is 7.03. The van der Waals surface area contributed by atoms with Crippen molar-refractivity contribution in [2.45, 2.75) is 92.0 Å². The Morgan fingerprint density at radius 1 is 1.02 bits per heavy atom. The molecular formula is C34H49N3O4. The summed E-state index contributed by atoms with van der Waals surface area (Å²) >= 11 is 0. The van der Waals surface area contributed by atoms with Crippen LogP contribution in [0, 0.1) is 5.92 Å². The maximum Gasteiger partial charge on any atom is 0.408 e. The zero-order chi connectivity index (χ0) is 30.0. The maximum absolute atomic E-state index is 13.5. The Bertz CT molecular complexity index is 1130. The van der Waals surface area contributed by atoms with E-state index in [4.69, 9.17) is 9.47 Å². The summed E-state index contributed by atoms with van der Waals surface area (Å²) in [4.78, 5) is 30.3. The van der Waals surface area contributed by atoms with E-state index in [1.165, 1.54) is 5.57 Å². The lowest BCUT2D eigenvalue weighted by Gasteiger charge is -2.40. The average Bonchev–Trinajstić information content (AvgIpc) is 2.91. The third kappa shape index (κ3) is 10.8. The Morgan fingerprint density at radius 2 is 1.66 bits per heavy atom. The van der Waals surface area contributed by atoms with Gasteiger partial charge in [-0.3, -0.25) is 4.79 Å². The monoisotopic (exact) mass is 563 g/mol. The van der Waals surface area contributed by atoms with Crippen molar-refractivity contribution in [3.63, 3.8) is 0 Å². The number of carbonyl (C=O) groups excluding carboxylic acids is 2. The van der Waals surface area contributed by atoms with E-state index in [9.17, 15) is 9.59 Å². The smallest absolute Gasteiger partial charge is 0.408 e. The molecule has 41 heavy (non-hydrogen) atoms. The van der Waals surface area contributed by atoms with Crippen molar-refractivity contribution < 1.29 is 19.1 Å². The Kier molecular flexibility index (Phi) is 11.7. The molecule has 3 rings (SSSR count). The van der Waals surface area contributed by atoms with Gasteiger partial charge in [-0.05, 0) is 89.6 Å². The molecule has 0 radical (unpaired) electrons. The summed E-state index contributed by atoms with van der Waals surface area (Å²) in [6.07, 6.45) is 3.99. The highest BCUT2D eigenvalue weighted by atomic mass is 16.6. The molecule has 7 nitrogen and oxygen atoms in total. The first-order chi connectivity index (χ1) is 19.4. The molecule has 1 atom stereocenters. The zero-order valence-corrected chi connectivity index (χ0v) is 26.0. The summed E-state index contributed by atoms with van der Waals surface area (Å²) in [5.74, 6) is 1.07. The number of anilines is 1. The van der Waals surface area contributed by atoms with Gasteiger partial charge in [0.15, 0.2) is 0 Å². The number of rotatable bonds is 11. The molecule has 1 fully saturated rings. The predicted octanol–water partition coefficient (Wildman–Crippen LogP) is 6.97. The van der Waals surface area contributed by atoms with Crippen LogP contribution in [0.15, 0.2) is 66.2 Å². The van der Waals surface area contributed by atoms with Crippen molar-refractivity contribution in [1.82, 2.24) is 10.2 Å². The first-order valence-corrected chi connectivity index (χ1v) is 14.9. The van der Waals surface area contributed by atoms with Crippen LogP contribution in [0.4, 0.5) is 10.5 Å². The minimum absolute atomic E-state index is 0.0289. The number of nitrogens with one attached hydrogen (secondary N) is 1. The van der Waals surface area contributed by atoms with Crippen LogP contribution in [0.5, 0.6) is 5.75 Å². The van der Waals surface area contributed by atoms with Crippen molar-refractivity contribution in [3.8, 4) is 5.75 Å². The van der Waals surface area contributed by atoms with E-state index in [-0.39, 0.29) is 11.8 Å². The number of nitrogens with zero attached hydrogens (tertiary/aromatic N) is 2. The fourth-order valence-corrected chi connectivity index (χ4v) is 4.98. The van der Waals surface area contributed by atoms with E-state index < -0.39 is 17.7 Å². The normalized spacial score (nSPS) is 14.8. The van der Waals surface area contributed by atoms with Crippen LogP contribution in [0.3, 0.4) is 0 Å². The molecule has 1 heterocycles. The second-order valence-electron chi connectivity index (χ2n) is 12.6. The fraction of sp³-hybridized carbons (Fsp3) is 0.529. The Labute approximate surface area is 246 Å². The summed E-state index contributed by atoms with van der Waals surface area (Å²) < 4.78 is 11.4. The van der Waals surface area contributed by atoms with Gasteiger partial charge < -0.3 is 24.6 Å². The molecule has 2 amide bonds. The Hall–Kier alpha value is -3.48. The molecule has 0 spiro atoms. The minimum Gasteiger partial charge on any atom is -0.489 e. The highest BCUT2D eigenvalue weighted by molar-refractivity contribution is 5.86.